The van der Waals surface area contributed by atoms with Crippen LogP contribution in [-0.2, 0) is 0 Å². The lowest BCUT2D eigenvalue weighted by atomic mass is 10.1. The van der Waals surface area contributed by atoms with Crippen LogP contribution in [0.5, 0.6) is 5.75 Å². The van der Waals surface area contributed by atoms with E-state index < -0.39 is 0 Å². The molecule has 0 unspecified atom stereocenters. The van der Waals surface area contributed by atoms with Crippen molar-refractivity contribution in [1.82, 2.24) is 15.0 Å². The van der Waals surface area contributed by atoms with Crippen molar-refractivity contribution in [1.29, 1.82) is 0 Å². The number of benzene rings is 1. The number of allylic oxidation sites excluding steroid dienone is 1. The van der Waals surface area contributed by atoms with Crippen LogP contribution in [0, 0.1) is 0 Å². The highest BCUT2D eigenvalue weighted by molar-refractivity contribution is 7.13. The zero-order valence-corrected chi connectivity index (χ0v) is 13.9. The number of nitrogens with zero attached hydrogens (tertiary/aromatic N) is 3. The maximum atomic E-state index is 12.3. The molecule has 3 aromatic rings. The van der Waals surface area contributed by atoms with Gasteiger partial charge in [0.15, 0.2) is 16.6 Å². The lowest BCUT2D eigenvalue weighted by Crippen LogP contribution is -1.97. The summed E-state index contributed by atoms with van der Waals surface area (Å²) in [5.74, 6) is 1.17. The topological polar surface area (TPSA) is 65.0 Å². The third-order valence-corrected chi connectivity index (χ3v) is 3.97. The van der Waals surface area contributed by atoms with Crippen molar-refractivity contribution in [3.05, 3.63) is 65.4 Å². The van der Waals surface area contributed by atoms with Crippen LogP contribution in [0.25, 0.3) is 16.9 Å². The van der Waals surface area contributed by atoms with Crippen LogP contribution in [0.1, 0.15) is 23.0 Å². The van der Waals surface area contributed by atoms with Gasteiger partial charge in [0, 0.05) is 23.3 Å². The maximum Gasteiger partial charge on any atom is 0.188 e. The second kappa shape index (κ2) is 7.61. The summed E-state index contributed by atoms with van der Waals surface area (Å²) < 4.78 is 5.41. The fourth-order valence-corrected chi connectivity index (χ4v) is 2.77. The van der Waals surface area contributed by atoms with Gasteiger partial charge in [-0.15, -0.1) is 11.3 Å². The monoisotopic (exact) mass is 337 g/mol. The highest BCUT2D eigenvalue weighted by Crippen LogP contribution is 2.20. The highest BCUT2D eigenvalue weighted by atomic mass is 32.1. The van der Waals surface area contributed by atoms with Gasteiger partial charge in [0.25, 0.3) is 0 Å². The summed E-state index contributed by atoms with van der Waals surface area (Å²) in [6, 6.07) is 8.89. The van der Waals surface area contributed by atoms with Crippen LogP contribution < -0.4 is 4.74 Å². The molecule has 2 heterocycles. The van der Waals surface area contributed by atoms with Crippen LogP contribution in [0.4, 0.5) is 0 Å². The molecule has 5 nitrogen and oxygen atoms in total. The minimum atomic E-state index is -0.0953. The maximum absolute atomic E-state index is 12.3. The molecular formula is C18H15N3O2S. The van der Waals surface area contributed by atoms with Gasteiger partial charge in [-0.05, 0) is 37.3 Å². The third kappa shape index (κ3) is 3.91. The molecule has 0 spiro atoms. The van der Waals surface area contributed by atoms with E-state index in [1.54, 1.807) is 42.7 Å². The fraction of sp³-hybridized carbons (Fsp3) is 0.111. The average Bonchev–Trinajstić information content (AvgIpc) is 3.10. The molecule has 0 radical (unpaired) electrons. The van der Waals surface area contributed by atoms with Crippen molar-refractivity contribution < 1.29 is 9.53 Å². The number of thiazole rings is 1. The van der Waals surface area contributed by atoms with Crippen molar-refractivity contribution in [2.75, 3.05) is 6.61 Å². The number of carbonyl (C=O) groups excluding carboxylic acids is 1. The molecular weight excluding hydrogens is 322 g/mol. The number of hydrogen-bond acceptors (Lipinski definition) is 6. The van der Waals surface area contributed by atoms with E-state index in [2.05, 4.69) is 15.0 Å². The van der Waals surface area contributed by atoms with Crippen molar-refractivity contribution in [3.8, 4) is 16.6 Å². The average molecular weight is 337 g/mol. The van der Waals surface area contributed by atoms with E-state index >= 15 is 0 Å². The van der Waals surface area contributed by atoms with E-state index in [0.717, 1.165) is 5.01 Å². The Morgan fingerprint density at radius 1 is 1.25 bits per heavy atom. The molecule has 0 amide bonds. The number of hydrogen-bond donors (Lipinski definition) is 0. The molecule has 0 bridgehead atoms. The summed E-state index contributed by atoms with van der Waals surface area (Å²) in [5.41, 5.74) is 1.29. The van der Waals surface area contributed by atoms with Gasteiger partial charge in [0.05, 0.1) is 12.3 Å². The molecule has 0 atom stereocenters. The minimum absolute atomic E-state index is 0.0953. The Bertz CT molecular complexity index is 859. The number of aromatic nitrogens is 3. The lowest BCUT2D eigenvalue weighted by Gasteiger charge is -2.03. The Morgan fingerprint density at radius 2 is 2.08 bits per heavy atom. The van der Waals surface area contributed by atoms with Crippen LogP contribution in [0.15, 0.2) is 54.2 Å². The third-order valence-electron chi connectivity index (χ3n) is 3.11. The van der Waals surface area contributed by atoms with Gasteiger partial charge < -0.3 is 4.74 Å². The predicted octanol–water partition coefficient (Wildman–Crippen LogP) is 3.89. The van der Waals surface area contributed by atoms with Crippen molar-refractivity contribution >= 4 is 23.2 Å². The van der Waals surface area contributed by atoms with E-state index in [9.17, 15) is 4.79 Å². The lowest BCUT2D eigenvalue weighted by molar-refractivity contribution is 0.104. The van der Waals surface area contributed by atoms with Crippen LogP contribution in [-0.4, -0.2) is 27.3 Å². The van der Waals surface area contributed by atoms with Gasteiger partial charge in [-0.3, -0.25) is 4.79 Å². The second-order valence-corrected chi connectivity index (χ2v) is 5.67. The zero-order valence-electron chi connectivity index (χ0n) is 13.0. The van der Waals surface area contributed by atoms with Crippen molar-refractivity contribution in [2.45, 2.75) is 6.92 Å². The summed E-state index contributed by atoms with van der Waals surface area (Å²) >= 11 is 1.44. The summed E-state index contributed by atoms with van der Waals surface area (Å²) in [6.45, 7) is 2.47. The van der Waals surface area contributed by atoms with Crippen molar-refractivity contribution in [2.24, 2.45) is 0 Å². The van der Waals surface area contributed by atoms with Crippen LogP contribution >= 0.6 is 11.3 Å². The van der Waals surface area contributed by atoms with Gasteiger partial charge in [-0.25, -0.2) is 15.0 Å². The van der Waals surface area contributed by atoms with Gasteiger partial charge in [0.1, 0.15) is 5.75 Å². The molecule has 0 aliphatic carbocycles. The predicted molar refractivity (Wildman–Crippen MR) is 94.1 cm³/mol. The van der Waals surface area contributed by atoms with E-state index in [1.165, 1.54) is 17.4 Å². The number of carbonyl (C=O) groups is 1. The van der Waals surface area contributed by atoms with E-state index in [0.29, 0.717) is 29.4 Å². The Morgan fingerprint density at radius 3 is 2.88 bits per heavy atom. The zero-order chi connectivity index (χ0) is 16.8. The van der Waals surface area contributed by atoms with Gasteiger partial charge >= 0.3 is 0 Å². The van der Waals surface area contributed by atoms with Gasteiger partial charge in [-0.1, -0.05) is 12.1 Å². The molecule has 0 aliphatic heterocycles. The first-order valence-electron chi connectivity index (χ1n) is 7.44. The Balaban J connectivity index is 1.73. The quantitative estimate of drug-likeness (QED) is 0.504. The molecule has 1 aromatic carbocycles. The normalized spacial score (nSPS) is 10.9. The minimum Gasteiger partial charge on any atom is -0.494 e. The van der Waals surface area contributed by atoms with E-state index in [4.69, 9.17) is 4.74 Å². The standard InChI is InChI=1S/C18H15N3O2S/c1-2-23-15-6-3-5-13(11-15)16(22)8-7-14-12-24-18(21-14)17-19-9-4-10-20-17/h3-12H,2H2,1H3/b8-7-. The first-order valence-corrected chi connectivity index (χ1v) is 8.32. The summed E-state index contributed by atoms with van der Waals surface area (Å²) in [7, 11) is 0. The van der Waals surface area contributed by atoms with E-state index in [1.807, 2.05) is 18.4 Å². The largest absolute Gasteiger partial charge is 0.494 e. The van der Waals surface area contributed by atoms with Crippen LogP contribution in [0.3, 0.4) is 0 Å². The smallest absolute Gasteiger partial charge is 0.188 e. The highest BCUT2D eigenvalue weighted by Gasteiger charge is 2.07. The fourth-order valence-electron chi connectivity index (χ4n) is 2.04. The van der Waals surface area contributed by atoms with Crippen LogP contribution in [0.2, 0.25) is 0 Å². The SMILES string of the molecule is CCOc1cccc(C(=O)/C=C\c2csc(-c3ncccn3)n2)c1. The molecule has 0 aliphatic rings. The first-order chi connectivity index (χ1) is 11.8. The molecule has 0 fully saturated rings. The molecule has 0 saturated heterocycles. The molecule has 2 aromatic heterocycles. The molecule has 3 rings (SSSR count). The number of ketones is 1. The van der Waals surface area contributed by atoms with Gasteiger partial charge in [-0.2, -0.15) is 0 Å². The molecule has 0 N–H and O–H groups in total. The number of rotatable bonds is 6. The summed E-state index contributed by atoms with van der Waals surface area (Å²) in [4.78, 5) is 25.0. The molecule has 6 heteroatoms. The van der Waals surface area contributed by atoms with E-state index in [-0.39, 0.29) is 5.78 Å². The summed E-state index contributed by atoms with van der Waals surface area (Å²) in [5, 5.41) is 2.59. The number of ether oxygens (including phenoxy) is 1. The second-order valence-electron chi connectivity index (χ2n) is 4.81. The Labute approximate surface area is 143 Å². The summed E-state index contributed by atoms with van der Waals surface area (Å²) in [6.07, 6.45) is 6.55. The van der Waals surface area contributed by atoms with Crippen molar-refractivity contribution in [3.63, 3.8) is 0 Å². The Kier molecular flexibility index (Phi) is 5.08. The first kappa shape index (κ1) is 16.0. The molecule has 24 heavy (non-hydrogen) atoms. The van der Waals surface area contributed by atoms with Gasteiger partial charge in [0.2, 0.25) is 0 Å². The molecule has 0 saturated carbocycles. The molecule has 120 valence electrons. The Hall–Kier alpha value is -2.86.